The van der Waals surface area contributed by atoms with Gasteiger partial charge >= 0.3 is 0 Å². The Balaban J connectivity index is 1.15. The molecule has 3 heterocycles. The third-order valence-corrected chi connectivity index (χ3v) is 11.8. The van der Waals surface area contributed by atoms with Crippen LogP contribution in [0.15, 0.2) is 133 Å². The molecule has 0 spiro atoms. The second kappa shape index (κ2) is 9.12. The van der Waals surface area contributed by atoms with Gasteiger partial charge in [-0.2, -0.15) is 0 Å². The molecule has 0 amide bonds. The molecule has 9 rings (SSSR count). The van der Waals surface area contributed by atoms with Crippen molar-refractivity contribution in [2.45, 2.75) is 0 Å². The Kier molecular flexibility index (Phi) is 5.21. The Labute approximate surface area is 249 Å². The van der Waals surface area contributed by atoms with Gasteiger partial charge < -0.3 is 0 Å². The predicted octanol–water partition coefficient (Wildman–Crippen LogP) is 12.6. The van der Waals surface area contributed by atoms with Gasteiger partial charge in [-0.3, -0.25) is 0 Å². The Bertz CT molecular complexity index is 2430. The molecule has 0 aliphatic rings. The SMILES string of the molecule is c1cc(-c2cccc(-c3cccc4c3sc3ccccc34)c2)cc(-c2ccc3sc4sc5ccccc5c4c3c2)c1. The molecule has 0 N–H and O–H groups in total. The van der Waals surface area contributed by atoms with Gasteiger partial charge in [0.05, 0.1) is 4.01 Å². The minimum Gasteiger partial charge on any atom is -0.135 e. The number of hydrogen-bond donors (Lipinski definition) is 0. The maximum atomic E-state index is 2.39. The molecule has 41 heavy (non-hydrogen) atoms. The van der Waals surface area contributed by atoms with Crippen molar-refractivity contribution in [1.82, 2.24) is 0 Å². The number of thiophene rings is 3. The topological polar surface area (TPSA) is 0 Å². The Hall–Kier alpha value is -4.28. The molecule has 0 radical (unpaired) electrons. The first-order chi connectivity index (χ1) is 20.3. The molecular formula is C38H22S3. The van der Waals surface area contributed by atoms with Crippen LogP contribution in [0.3, 0.4) is 0 Å². The Morgan fingerprint density at radius 3 is 1.68 bits per heavy atom. The van der Waals surface area contributed by atoms with E-state index in [2.05, 4.69) is 133 Å². The molecule has 0 unspecified atom stereocenters. The van der Waals surface area contributed by atoms with Gasteiger partial charge in [0.1, 0.15) is 0 Å². The third-order valence-electron chi connectivity index (χ3n) is 8.12. The van der Waals surface area contributed by atoms with E-state index in [1.807, 2.05) is 34.0 Å². The minimum absolute atomic E-state index is 1.24. The van der Waals surface area contributed by atoms with Crippen LogP contribution in [0.1, 0.15) is 0 Å². The van der Waals surface area contributed by atoms with Crippen LogP contribution < -0.4 is 0 Å². The van der Waals surface area contributed by atoms with Gasteiger partial charge in [-0.15, -0.1) is 34.0 Å². The summed E-state index contributed by atoms with van der Waals surface area (Å²) in [7, 11) is 0. The summed E-state index contributed by atoms with van der Waals surface area (Å²) in [6.07, 6.45) is 0. The summed E-state index contributed by atoms with van der Waals surface area (Å²) in [5, 5.41) is 6.82. The lowest BCUT2D eigenvalue weighted by Crippen LogP contribution is -1.84. The van der Waals surface area contributed by atoms with Gasteiger partial charge in [0, 0.05) is 45.7 Å². The van der Waals surface area contributed by atoms with Crippen molar-refractivity contribution in [3.8, 4) is 33.4 Å². The lowest BCUT2D eigenvalue weighted by Gasteiger charge is -2.09. The molecule has 0 bridgehead atoms. The maximum Gasteiger partial charge on any atom is 0.0890 e. The fourth-order valence-corrected chi connectivity index (χ4v) is 9.98. The number of rotatable bonds is 3. The summed E-state index contributed by atoms with van der Waals surface area (Å²) < 4.78 is 6.84. The largest absolute Gasteiger partial charge is 0.135 e. The average Bonchev–Trinajstić information content (AvgIpc) is 3.70. The predicted molar refractivity (Wildman–Crippen MR) is 184 cm³/mol. The Morgan fingerprint density at radius 2 is 0.902 bits per heavy atom. The molecule has 0 nitrogen and oxygen atoms in total. The van der Waals surface area contributed by atoms with Gasteiger partial charge in [0.2, 0.25) is 0 Å². The molecule has 0 atom stereocenters. The van der Waals surface area contributed by atoms with Crippen LogP contribution in [0.4, 0.5) is 0 Å². The summed E-state index contributed by atoms with van der Waals surface area (Å²) in [4.78, 5) is 0. The highest BCUT2D eigenvalue weighted by molar-refractivity contribution is 7.44. The first-order valence-electron chi connectivity index (χ1n) is 13.8. The van der Waals surface area contributed by atoms with Crippen molar-refractivity contribution < 1.29 is 0 Å². The molecule has 0 fully saturated rings. The molecule has 3 heteroatoms. The van der Waals surface area contributed by atoms with Crippen molar-refractivity contribution in [2.75, 3.05) is 0 Å². The first-order valence-corrected chi connectivity index (χ1v) is 16.2. The standard InChI is InChI=1S/C38H22S3/c1-3-16-33-29(12-1)30-15-7-14-28(37(30)39-33)27-11-6-10-25(21-27)23-8-5-9-24(20-23)26-18-19-35-32(22-26)36-31-13-2-4-17-34(31)40-38(36)41-35/h1-22H. The van der Waals surface area contributed by atoms with E-state index in [1.54, 1.807) is 0 Å². The van der Waals surface area contributed by atoms with Crippen LogP contribution in [0.25, 0.3) is 83.1 Å². The van der Waals surface area contributed by atoms with E-state index in [9.17, 15) is 0 Å². The van der Waals surface area contributed by atoms with E-state index in [-0.39, 0.29) is 0 Å². The van der Waals surface area contributed by atoms with Crippen LogP contribution in [-0.4, -0.2) is 0 Å². The third kappa shape index (κ3) is 3.70. The molecule has 9 aromatic rings. The van der Waals surface area contributed by atoms with Crippen molar-refractivity contribution in [3.63, 3.8) is 0 Å². The highest BCUT2D eigenvalue weighted by Crippen LogP contribution is 2.45. The fraction of sp³-hybridized carbons (Fsp3) is 0. The number of hydrogen-bond acceptors (Lipinski definition) is 3. The quantitative estimate of drug-likeness (QED) is 0.197. The van der Waals surface area contributed by atoms with Gasteiger partial charge in [-0.1, -0.05) is 97.1 Å². The molecule has 0 aliphatic carbocycles. The second-order valence-corrected chi connectivity index (χ2v) is 13.9. The molecule has 6 aromatic carbocycles. The van der Waals surface area contributed by atoms with Crippen LogP contribution >= 0.6 is 34.0 Å². The maximum absolute atomic E-state index is 2.39. The van der Waals surface area contributed by atoms with Crippen LogP contribution in [0.5, 0.6) is 0 Å². The van der Waals surface area contributed by atoms with E-state index >= 15 is 0 Å². The van der Waals surface area contributed by atoms with Gasteiger partial charge in [0.15, 0.2) is 0 Å². The van der Waals surface area contributed by atoms with Crippen molar-refractivity contribution >= 4 is 83.8 Å². The number of fused-ring (bicyclic) bond motifs is 8. The van der Waals surface area contributed by atoms with Crippen LogP contribution in [-0.2, 0) is 0 Å². The first kappa shape index (κ1) is 23.4. The molecule has 0 saturated heterocycles. The molecular weight excluding hydrogens is 553 g/mol. The monoisotopic (exact) mass is 574 g/mol. The molecule has 3 aromatic heterocycles. The highest BCUT2D eigenvalue weighted by atomic mass is 32.2. The fourth-order valence-electron chi connectivity index (χ4n) is 6.16. The smallest absolute Gasteiger partial charge is 0.0890 e. The van der Waals surface area contributed by atoms with Crippen molar-refractivity contribution in [1.29, 1.82) is 0 Å². The summed E-state index contributed by atoms with van der Waals surface area (Å²) in [6.45, 7) is 0. The summed E-state index contributed by atoms with van der Waals surface area (Å²) in [5.74, 6) is 0. The van der Waals surface area contributed by atoms with E-state index in [0.29, 0.717) is 0 Å². The highest BCUT2D eigenvalue weighted by Gasteiger charge is 2.14. The van der Waals surface area contributed by atoms with Crippen molar-refractivity contribution in [3.05, 3.63) is 133 Å². The van der Waals surface area contributed by atoms with Gasteiger partial charge in [-0.25, -0.2) is 0 Å². The lowest BCUT2D eigenvalue weighted by atomic mass is 9.95. The zero-order valence-electron chi connectivity index (χ0n) is 21.9. The zero-order valence-corrected chi connectivity index (χ0v) is 24.4. The summed E-state index contributed by atoms with van der Waals surface area (Å²) >= 11 is 5.71. The van der Waals surface area contributed by atoms with Gasteiger partial charge in [-0.05, 0) is 69.8 Å². The van der Waals surface area contributed by atoms with Gasteiger partial charge in [0.25, 0.3) is 0 Å². The Morgan fingerprint density at radius 1 is 0.341 bits per heavy atom. The van der Waals surface area contributed by atoms with Crippen LogP contribution in [0.2, 0.25) is 0 Å². The summed E-state index contributed by atoms with van der Waals surface area (Å²) in [6, 6.07) is 49.2. The average molecular weight is 575 g/mol. The van der Waals surface area contributed by atoms with E-state index in [0.717, 1.165) is 0 Å². The van der Waals surface area contributed by atoms with E-state index < -0.39 is 0 Å². The number of benzene rings is 6. The molecule has 192 valence electrons. The second-order valence-electron chi connectivity index (χ2n) is 10.5. The van der Waals surface area contributed by atoms with E-state index in [4.69, 9.17) is 0 Å². The molecule has 0 saturated carbocycles. The normalized spacial score (nSPS) is 11.9. The zero-order chi connectivity index (χ0) is 26.9. The minimum atomic E-state index is 1.24. The lowest BCUT2D eigenvalue weighted by molar-refractivity contribution is 1.59. The summed E-state index contributed by atoms with van der Waals surface area (Å²) in [5.41, 5.74) is 7.56. The van der Waals surface area contributed by atoms with Crippen molar-refractivity contribution in [2.24, 2.45) is 0 Å². The van der Waals surface area contributed by atoms with E-state index in [1.165, 1.54) is 83.1 Å². The van der Waals surface area contributed by atoms with Crippen LogP contribution in [0, 0.1) is 0 Å². The molecule has 0 aliphatic heterocycles.